The van der Waals surface area contributed by atoms with E-state index in [0.29, 0.717) is 29.2 Å². The van der Waals surface area contributed by atoms with E-state index in [1.807, 2.05) is 30.3 Å². The van der Waals surface area contributed by atoms with E-state index in [0.717, 1.165) is 21.8 Å². The topological polar surface area (TPSA) is 72.9 Å². The average molecular weight is 476 g/mol. The van der Waals surface area contributed by atoms with E-state index in [1.54, 1.807) is 24.3 Å². The SMILES string of the molecule is COC(=O)COc1ccc(Br)cc1/C=C1/SC(=O)N(CCc2ccccc2)C1=O. The van der Waals surface area contributed by atoms with E-state index in [-0.39, 0.29) is 17.8 Å². The number of ether oxygens (including phenoxy) is 2. The first-order valence-corrected chi connectivity index (χ1v) is 10.4. The molecule has 2 aromatic carbocycles. The zero-order chi connectivity index (χ0) is 20.8. The number of rotatable bonds is 7. The number of thioether (sulfide) groups is 1. The Kier molecular flexibility index (Phi) is 7.11. The van der Waals surface area contributed by atoms with Crippen molar-refractivity contribution >= 4 is 50.9 Å². The van der Waals surface area contributed by atoms with Gasteiger partial charge in [-0.2, -0.15) is 0 Å². The lowest BCUT2D eigenvalue weighted by atomic mass is 10.1. The molecule has 0 radical (unpaired) electrons. The number of halogens is 1. The van der Waals surface area contributed by atoms with Gasteiger partial charge in [0, 0.05) is 16.6 Å². The molecule has 29 heavy (non-hydrogen) atoms. The number of hydrogen-bond acceptors (Lipinski definition) is 6. The number of methoxy groups -OCH3 is 1. The van der Waals surface area contributed by atoms with Crippen molar-refractivity contribution in [2.45, 2.75) is 6.42 Å². The third-order valence-corrected chi connectivity index (χ3v) is 5.57. The smallest absolute Gasteiger partial charge is 0.343 e. The first-order valence-electron chi connectivity index (χ1n) is 8.76. The van der Waals surface area contributed by atoms with Gasteiger partial charge >= 0.3 is 5.97 Å². The van der Waals surface area contributed by atoms with Crippen LogP contribution in [0.4, 0.5) is 4.79 Å². The van der Waals surface area contributed by atoms with Crippen molar-refractivity contribution in [3.05, 3.63) is 69.0 Å². The fourth-order valence-electron chi connectivity index (χ4n) is 2.68. The van der Waals surface area contributed by atoms with Crippen LogP contribution in [0.25, 0.3) is 6.08 Å². The Hall–Kier alpha value is -2.58. The van der Waals surface area contributed by atoms with Gasteiger partial charge in [-0.15, -0.1) is 0 Å². The van der Waals surface area contributed by atoms with Gasteiger partial charge in [0.15, 0.2) is 6.61 Å². The van der Waals surface area contributed by atoms with Crippen LogP contribution < -0.4 is 4.74 Å². The second kappa shape index (κ2) is 9.76. The fourth-order valence-corrected chi connectivity index (χ4v) is 3.91. The summed E-state index contributed by atoms with van der Waals surface area (Å²) in [5.41, 5.74) is 1.64. The molecule has 2 aromatic rings. The van der Waals surface area contributed by atoms with Crippen molar-refractivity contribution in [3.63, 3.8) is 0 Å². The van der Waals surface area contributed by atoms with Crippen LogP contribution >= 0.6 is 27.7 Å². The molecule has 1 heterocycles. The summed E-state index contributed by atoms with van der Waals surface area (Å²) in [5, 5.41) is -0.302. The van der Waals surface area contributed by atoms with Crippen LogP contribution in [0.3, 0.4) is 0 Å². The predicted molar refractivity (Wildman–Crippen MR) is 114 cm³/mol. The summed E-state index contributed by atoms with van der Waals surface area (Å²) in [5.74, 6) is -0.440. The van der Waals surface area contributed by atoms with E-state index in [2.05, 4.69) is 20.7 Å². The molecule has 0 spiro atoms. The molecule has 6 nitrogen and oxygen atoms in total. The van der Waals surface area contributed by atoms with Gasteiger partial charge in [-0.05, 0) is 48.0 Å². The standard InChI is InChI=1S/C21H18BrNO5S/c1-27-19(24)13-28-17-8-7-16(22)11-15(17)12-18-20(25)23(21(26)29-18)10-9-14-5-3-2-4-6-14/h2-8,11-12H,9-10,13H2,1H3/b18-12+. The zero-order valence-corrected chi connectivity index (χ0v) is 18.0. The third-order valence-electron chi connectivity index (χ3n) is 4.17. The van der Waals surface area contributed by atoms with Crippen LogP contribution in [0.2, 0.25) is 0 Å². The molecule has 1 saturated heterocycles. The number of hydrogen-bond donors (Lipinski definition) is 0. The minimum absolute atomic E-state index is 0.252. The highest BCUT2D eigenvalue weighted by molar-refractivity contribution is 9.10. The number of benzene rings is 2. The lowest BCUT2D eigenvalue weighted by molar-refractivity contribution is -0.142. The molecular weight excluding hydrogens is 458 g/mol. The van der Waals surface area contributed by atoms with Gasteiger partial charge in [-0.3, -0.25) is 14.5 Å². The van der Waals surface area contributed by atoms with E-state index in [4.69, 9.17) is 4.74 Å². The Labute approximate surface area is 181 Å². The Bertz CT molecular complexity index is 961. The molecule has 8 heteroatoms. The zero-order valence-electron chi connectivity index (χ0n) is 15.6. The van der Waals surface area contributed by atoms with Gasteiger partial charge in [0.2, 0.25) is 0 Å². The minimum atomic E-state index is -0.514. The van der Waals surface area contributed by atoms with Gasteiger partial charge in [0.1, 0.15) is 5.75 Å². The Morgan fingerprint density at radius 1 is 1.17 bits per heavy atom. The molecule has 0 bridgehead atoms. The Morgan fingerprint density at radius 2 is 1.93 bits per heavy atom. The lowest BCUT2D eigenvalue weighted by Gasteiger charge is -2.12. The van der Waals surface area contributed by atoms with Crippen molar-refractivity contribution in [2.24, 2.45) is 0 Å². The largest absolute Gasteiger partial charge is 0.481 e. The van der Waals surface area contributed by atoms with Gasteiger partial charge in [-0.1, -0.05) is 46.3 Å². The van der Waals surface area contributed by atoms with E-state index >= 15 is 0 Å². The number of amides is 2. The van der Waals surface area contributed by atoms with Gasteiger partial charge in [0.25, 0.3) is 11.1 Å². The van der Waals surface area contributed by atoms with E-state index in [9.17, 15) is 14.4 Å². The maximum Gasteiger partial charge on any atom is 0.343 e. The molecular formula is C21H18BrNO5S. The summed E-state index contributed by atoms with van der Waals surface area (Å²) in [4.78, 5) is 38.0. The number of esters is 1. The quantitative estimate of drug-likeness (QED) is 0.439. The highest BCUT2D eigenvalue weighted by atomic mass is 79.9. The molecule has 1 fully saturated rings. The number of carbonyl (C=O) groups is 3. The van der Waals surface area contributed by atoms with Crippen molar-refractivity contribution in [1.82, 2.24) is 4.90 Å². The van der Waals surface area contributed by atoms with Gasteiger partial charge < -0.3 is 9.47 Å². The van der Waals surface area contributed by atoms with Crippen molar-refractivity contribution < 1.29 is 23.9 Å². The number of nitrogens with zero attached hydrogens (tertiary/aromatic N) is 1. The van der Waals surface area contributed by atoms with Gasteiger partial charge in [0.05, 0.1) is 12.0 Å². The number of carbonyl (C=O) groups excluding carboxylic acids is 3. The maximum atomic E-state index is 12.7. The summed E-state index contributed by atoms with van der Waals surface area (Å²) in [7, 11) is 1.28. The monoisotopic (exact) mass is 475 g/mol. The molecule has 3 rings (SSSR count). The summed E-state index contributed by atoms with van der Waals surface area (Å²) in [6.45, 7) is 0.0632. The Balaban J connectivity index is 1.76. The van der Waals surface area contributed by atoms with Crippen molar-refractivity contribution in [2.75, 3.05) is 20.3 Å². The molecule has 0 atom stereocenters. The van der Waals surface area contributed by atoms with Crippen LogP contribution in [0, 0.1) is 0 Å². The second-order valence-corrected chi connectivity index (χ2v) is 8.02. The fraction of sp³-hybridized carbons (Fsp3) is 0.190. The first kappa shape index (κ1) is 21.1. The minimum Gasteiger partial charge on any atom is -0.481 e. The van der Waals surface area contributed by atoms with Crippen molar-refractivity contribution in [3.8, 4) is 5.75 Å². The predicted octanol–water partition coefficient (Wildman–Crippen LogP) is 4.28. The average Bonchev–Trinajstić information content (AvgIpc) is 2.99. The first-order chi connectivity index (χ1) is 14.0. The van der Waals surface area contributed by atoms with E-state index < -0.39 is 5.97 Å². The molecule has 0 aliphatic carbocycles. The molecule has 0 unspecified atom stereocenters. The molecule has 0 N–H and O–H groups in total. The second-order valence-electron chi connectivity index (χ2n) is 6.12. The summed E-state index contributed by atoms with van der Waals surface area (Å²) in [6.07, 6.45) is 2.20. The maximum absolute atomic E-state index is 12.7. The van der Waals surface area contributed by atoms with Crippen LogP contribution in [-0.2, 0) is 20.7 Å². The molecule has 150 valence electrons. The summed E-state index contributed by atoms with van der Waals surface area (Å²) < 4.78 is 10.8. The molecule has 0 aromatic heterocycles. The van der Waals surface area contributed by atoms with Crippen molar-refractivity contribution in [1.29, 1.82) is 0 Å². The van der Waals surface area contributed by atoms with E-state index in [1.165, 1.54) is 12.0 Å². The molecule has 1 aliphatic rings. The molecule has 1 aliphatic heterocycles. The normalized spacial score (nSPS) is 15.1. The molecule has 0 saturated carbocycles. The summed E-state index contributed by atoms with van der Waals surface area (Å²) in [6, 6.07) is 14.9. The van der Waals surface area contributed by atoms with Crippen LogP contribution in [-0.4, -0.2) is 42.3 Å². The third kappa shape index (κ3) is 5.48. The van der Waals surface area contributed by atoms with Crippen LogP contribution in [0.1, 0.15) is 11.1 Å². The lowest BCUT2D eigenvalue weighted by Crippen LogP contribution is -2.30. The highest BCUT2D eigenvalue weighted by Crippen LogP contribution is 2.35. The highest BCUT2D eigenvalue weighted by Gasteiger charge is 2.34. The summed E-state index contributed by atoms with van der Waals surface area (Å²) >= 11 is 4.27. The van der Waals surface area contributed by atoms with Gasteiger partial charge in [-0.25, -0.2) is 4.79 Å². The van der Waals surface area contributed by atoms with Crippen LogP contribution in [0.5, 0.6) is 5.75 Å². The number of imide groups is 1. The van der Waals surface area contributed by atoms with Crippen LogP contribution in [0.15, 0.2) is 57.9 Å². The Morgan fingerprint density at radius 3 is 2.66 bits per heavy atom. The molecule has 2 amide bonds.